The van der Waals surface area contributed by atoms with Crippen molar-refractivity contribution in [3.63, 3.8) is 0 Å². The molecule has 2 fully saturated rings. The summed E-state index contributed by atoms with van der Waals surface area (Å²) in [6, 6.07) is 14.0. The molecule has 0 radical (unpaired) electrons. The maximum Gasteiger partial charge on any atom is 0.0950 e. The van der Waals surface area contributed by atoms with E-state index >= 15 is 0 Å². The van der Waals surface area contributed by atoms with E-state index in [1.807, 2.05) is 6.26 Å². The lowest BCUT2D eigenvalue weighted by molar-refractivity contribution is 0.266. The van der Waals surface area contributed by atoms with Gasteiger partial charge in [-0.15, -0.1) is 0 Å². The molecule has 2 aliphatic heterocycles. The Morgan fingerprint density at radius 3 is 2.70 bits per heavy atom. The average Bonchev–Trinajstić information content (AvgIpc) is 3.17. The number of hydrazine groups is 1. The van der Waals surface area contributed by atoms with Crippen LogP contribution in [0.15, 0.2) is 53.3 Å². The second-order valence-corrected chi connectivity index (χ2v) is 5.70. The summed E-state index contributed by atoms with van der Waals surface area (Å²) in [6.45, 7) is 0.983. The van der Waals surface area contributed by atoms with Gasteiger partial charge >= 0.3 is 0 Å². The number of piperidine rings is 1. The summed E-state index contributed by atoms with van der Waals surface area (Å²) < 4.78 is 5.22. The first-order chi connectivity index (χ1) is 9.92. The third-order valence-corrected chi connectivity index (χ3v) is 4.57. The number of rotatable bonds is 2. The van der Waals surface area contributed by atoms with Crippen molar-refractivity contribution in [2.45, 2.75) is 24.5 Å². The zero-order chi connectivity index (χ0) is 13.4. The normalized spacial score (nSPS) is 33.0. The van der Waals surface area contributed by atoms with Crippen molar-refractivity contribution in [2.24, 2.45) is 5.92 Å². The zero-order valence-electron chi connectivity index (χ0n) is 11.3. The smallest absolute Gasteiger partial charge is 0.0950 e. The first-order valence-electron chi connectivity index (χ1n) is 7.23. The van der Waals surface area contributed by atoms with Crippen molar-refractivity contribution < 1.29 is 4.42 Å². The largest absolute Gasteiger partial charge is 0.472 e. The summed E-state index contributed by atoms with van der Waals surface area (Å²) in [5, 5.41) is 3.60. The van der Waals surface area contributed by atoms with Crippen LogP contribution in [0.1, 0.15) is 29.6 Å². The maximum atomic E-state index is 5.22. The third kappa shape index (κ3) is 2.06. The van der Waals surface area contributed by atoms with Gasteiger partial charge in [-0.25, -0.2) is 5.43 Å². The summed E-state index contributed by atoms with van der Waals surface area (Å²) in [5.74, 6) is 0.596. The van der Waals surface area contributed by atoms with Gasteiger partial charge in [-0.3, -0.25) is 5.43 Å². The van der Waals surface area contributed by atoms with E-state index in [-0.39, 0.29) is 0 Å². The summed E-state index contributed by atoms with van der Waals surface area (Å²) >= 11 is 0. The standard InChI is InChI=1S/C16H19N3O/c1-2-4-11(5-3-1)16-13-8-14(12-6-7-20-10-12)17-9-15(13)18-19-16/h1-7,10,13-19H,8-9H2. The molecule has 3 heterocycles. The number of hydrogen-bond acceptors (Lipinski definition) is 4. The molecule has 2 aromatic rings. The van der Waals surface area contributed by atoms with Crippen molar-refractivity contribution >= 4 is 0 Å². The van der Waals surface area contributed by atoms with E-state index in [1.165, 1.54) is 11.1 Å². The van der Waals surface area contributed by atoms with E-state index < -0.39 is 0 Å². The molecule has 0 amide bonds. The van der Waals surface area contributed by atoms with Crippen LogP contribution in [0.25, 0.3) is 0 Å². The minimum atomic E-state index is 0.387. The summed E-state index contributed by atoms with van der Waals surface area (Å²) in [6.07, 6.45) is 4.72. The second kappa shape index (κ2) is 5.05. The number of nitrogens with one attached hydrogen (secondary N) is 3. The first kappa shape index (κ1) is 12.1. The van der Waals surface area contributed by atoms with Crippen LogP contribution in [0.4, 0.5) is 0 Å². The molecule has 4 nitrogen and oxygen atoms in total. The fraction of sp³-hybridized carbons (Fsp3) is 0.375. The molecule has 20 heavy (non-hydrogen) atoms. The lowest BCUT2D eigenvalue weighted by Gasteiger charge is -2.34. The molecule has 4 heteroatoms. The Morgan fingerprint density at radius 1 is 1.00 bits per heavy atom. The molecular formula is C16H19N3O. The lowest BCUT2D eigenvalue weighted by Crippen LogP contribution is -2.46. The van der Waals surface area contributed by atoms with E-state index in [4.69, 9.17) is 4.42 Å². The van der Waals surface area contributed by atoms with Gasteiger partial charge in [-0.05, 0) is 24.0 Å². The van der Waals surface area contributed by atoms with Crippen molar-refractivity contribution in [3.8, 4) is 0 Å². The monoisotopic (exact) mass is 269 g/mol. The van der Waals surface area contributed by atoms with Crippen LogP contribution >= 0.6 is 0 Å². The number of fused-ring (bicyclic) bond motifs is 1. The Morgan fingerprint density at radius 2 is 1.90 bits per heavy atom. The second-order valence-electron chi connectivity index (χ2n) is 5.70. The molecule has 0 bridgehead atoms. The van der Waals surface area contributed by atoms with Crippen molar-refractivity contribution in [1.29, 1.82) is 0 Å². The van der Waals surface area contributed by atoms with Crippen LogP contribution in [-0.4, -0.2) is 12.6 Å². The highest BCUT2D eigenvalue weighted by molar-refractivity contribution is 5.23. The summed E-state index contributed by atoms with van der Waals surface area (Å²) in [5.41, 5.74) is 9.52. The van der Waals surface area contributed by atoms with Crippen LogP contribution in [0.3, 0.4) is 0 Å². The quantitative estimate of drug-likeness (QED) is 0.782. The topological polar surface area (TPSA) is 49.2 Å². The van der Waals surface area contributed by atoms with Gasteiger partial charge in [0.2, 0.25) is 0 Å². The Kier molecular flexibility index (Phi) is 3.07. The van der Waals surface area contributed by atoms with Crippen LogP contribution in [0, 0.1) is 5.92 Å². The van der Waals surface area contributed by atoms with Gasteiger partial charge in [0, 0.05) is 24.2 Å². The Bertz CT molecular complexity index is 554. The Labute approximate surface area is 118 Å². The van der Waals surface area contributed by atoms with E-state index in [0.717, 1.165) is 13.0 Å². The molecule has 4 rings (SSSR count). The molecule has 1 aromatic heterocycles. The average molecular weight is 269 g/mol. The molecule has 4 atom stereocenters. The highest BCUT2D eigenvalue weighted by Crippen LogP contribution is 2.38. The van der Waals surface area contributed by atoms with E-state index in [9.17, 15) is 0 Å². The van der Waals surface area contributed by atoms with Crippen molar-refractivity contribution in [3.05, 3.63) is 60.1 Å². The Hall–Kier alpha value is -1.62. The van der Waals surface area contributed by atoms with Crippen LogP contribution in [0.2, 0.25) is 0 Å². The minimum Gasteiger partial charge on any atom is -0.472 e. The Balaban J connectivity index is 1.57. The number of benzene rings is 1. The van der Waals surface area contributed by atoms with Crippen molar-refractivity contribution in [1.82, 2.24) is 16.2 Å². The predicted octanol–water partition coefficient (Wildman–Crippen LogP) is 2.15. The zero-order valence-corrected chi connectivity index (χ0v) is 11.3. The third-order valence-electron chi connectivity index (χ3n) is 4.57. The van der Waals surface area contributed by atoms with Crippen LogP contribution in [-0.2, 0) is 0 Å². The van der Waals surface area contributed by atoms with Gasteiger partial charge < -0.3 is 9.73 Å². The molecule has 0 saturated carbocycles. The molecular weight excluding hydrogens is 250 g/mol. The SMILES string of the molecule is c1ccc(C2NNC3CNC(c4ccoc4)CC32)cc1. The fourth-order valence-corrected chi connectivity index (χ4v) is 3.49. The van der Waals surface area contributed by atoms with Gasteiger partial charge in [-0.1, -0.05) is 30.3 Å². The van der Waals surface area contributed by atoms with Gasteiger partial charge in [0.05, 0.1) is 18.6 Å². The van der Waals surface area contributed by atoms with Crippen LogP contribution < -0.4 is 16.2 Å². The van der Waals surface area contributed by atoms with Crippen molar-refractivity contribution in [2.75, 3.05) is 6.54 Å². The molecule has 4 unspecified atom stereocenters. The van der Waals surface area contributed by atoms with E-state index in [1.54, 1.807) is 6.26 Å². The van der Waals surface area contributed by atoms with Gasteiger partial charge in [0.25, 0.3) is 0 Å². The van der Waals surface area contributed by atoms with Gasteiger partial charge in [-0.2, -0.15) is 0 Å². The summed E-state index contributed by atoms with van der Waals surface area (Å²) in [4.78, 5) is 0. The molecule has 0 spiro atoms. The van der Waals surface area contributed by atoms with E-state index in [0.29, 0.717) is 24.0 Å². The van der Waals surface area contributed by atoms with Crippen LogP contribution in [0.5, 0.6) is 0 Å². The molecule has 0 aliphatic carbocycles. The number of furan rings is 1. The molecule has 2 aliphatic rings. The molecule has 104 valence electrons. The molecule has 2 saturated heterocycles. The van der Waals surface area contributed by atoms with E-state index in [2.05, 4.69) is 52.6 Å². The molecule has 1 aromatic carbocycles. The summed E-state index contributed by atoms with van der Waals surface area (Å²) in [7, 11) is 0. The lowest BCUT2D eigenvalue weighted by atomic mass is 9.80. The highest BCUT2D eigenvalue weighted by atomic mass is 16.3. The number of hydrogen-bond donors (Lipinski definition) is 3. The predicted molar refractivity (Wildman–Crippen MR) is 76.8 cm³/mol. The molecule has 3 N–H and O–H groups in total. The highest BCUT2D eigenvalue weighted by Gasteiger charge is 2.41. The fourth-order valence-electron chi connectivity index (χ4n) is 3.49. The van der Waals surface area contributed by atoms with Gasteiger partial charge in [0.15, 0.2) is 0 Å². The first-order valence-corrected chi connectivity index (χ1v) is 7.23. The van der Waals surface area contributed by atoms with Gasteiger partial charge in [0.1, 0.15) is 0 Å². The minimum absolute atomic E-state index is 0.387. The maximum absolute atomic E-state index is 5.22.